The molecule has 1 saturated heterocycles. The van der Waals surface area contributed by atoms with Crippen molar-refractivity contribution < 1.29 is 9.13 Å². The van der Waals surface area contributed by atoms with Crippen LogP contribution in [0, 0.1) is 5.82 Å². The molecule has 138 valence electrons. The van der Waals surface area contributed by atoms with Gasteiger partial charge in [-0.1, -0.05) is 6.08 Å². The third kappa shape index (κ3) is 3.08. The molecule has 2 aliphatic rings. The van der Waals surface area contributed by atoms with Gasteiger partial charge in [-0.2, -0.15) is 0 Å². The Labute approximate surface area is 156 Å². The summed E-state index contributed by atoms with van der Waals surface area (Å²) < 4.78 is 21.5. The Balaban J connectivity index is 1.47. The van der Waals surface area contributed by atoms with Gasteiger partial charge in [-0.3, -0.25) is 0 Å². The topological polar surface area (TPSA) is 64.3 Å². The molecule has 1 aliphatic carbocycles. The standard InChI is InChI=1S/C20H20FN5O/c21-17-10-13(12-26-7-6-22-19(17)26)15-2-1-3-18-16(15)11-23-20(25-18)24-14-4-8-27-9-5-14/h2,6-7,10-12,14H,1,3-5,8-9H2,(H,23,24,25). The van der Waals surface area contributed by atoms with E-state index in [1.807, 2.05) is 12.4 Å². The van der Waals surface area contributed by atoms with Crippen LogP contribution >= 0.6 is 0 Å². The SMILES string of the molecule is Fc1cc(C2=CCCc3nc(NC4CCOCC4)ncc32)cn2ccnc12. The molecule has 5 rings (SSSR count). The molecule has 1 fully saturated rings. The number of halogens is 1. The fraction of sp³-hybridized carbons (Fsp3) is 0.350. The largest absolute Gasteiger partial charge is 0.381 e. The smallest absolute Gasteiger partial charge is 0.223 e. The second-order valence-corrected chi connectivity index (χ2v) is 6.98. The van der Waals surface area contributed by atoms with Crippen LogP contribution in [0.2, 0.25) is 0 Å². The number of aryl methyl sites for hydroxylation is 1. The van der Waals surface area contributed by atoms with Crippen molar-refractivity contribution in [2.75, 3.05) is 18.5 Å². The van der Waals surface area contributed by atoms with Crippen molar-refractivity contribution in [1.82, 2.24) is 19.4 Å². The highest BCUT2D eigenvalue weighted by molar-refractivity contribution is 5.82. The highest BCUT2D eigenvalue weighted by atomic mass is 19.1. The average Bonchev–Trinajstić information content (AvgIpc) is 3.17. The minimum Gasteiger partial charge on any atom is -0.381 e. The number of fused-ring (bicyclic) bond motifs is 2. The minimum absolute atomic E-state index is 0.329. The van der Waals surface area contributed by atoms with Crippen LogP contribution in [0.4, 0.5) is 10.3 Å². The number of hydrogen-bond donors (Lipinski definition) is 1. The summed E-state index contributed by atoms with van der Waals surface area (Å²) in [5, 5.41) is 3.42. The zero-order valence-electron chi connectivity index (χ0n) is 14.9. The monoisotopic (exact) mass is 365 g/mol. The molecule has 4 heterocycles. The van der Waals surface area contributed by atoms with Crippen molar-refractivity contribution in [3.8, 4) is 0 Å². The second-order valence-electron chi connectivity index (χ2n) is 6.98. The molecule has 0 spiro atoms. The van der Waals surface area contributed by atoms with Crippen LogP contribution in [0.25, 0.3) is 11.2 Å². The van der Waals surface area contributed by atoms with E-state index in [4.69, 9.17) is 9.72 Å². The van der Waals surface area contributed by atoms with Crippen molar-refractivity contribution in [1.29, 1.82) is 0 Å². The molecule has 0 atom stereocenters. The van der Waals surface area contributed by atoms with Crippen molar-refractivity contribution in [3.05, 3.63) is 59.6 Å². The lowest BCUT2D eigenvalue weighted by atomic mass is 9.91. The van der Waals surface area contributed by atoms with Gasteiger partial charge in [0.15, 0.2) is 11.5 Å². The molecule has 1 N–H and O–H groups in total. The van der Waals surface area contributed by atoms with Gasteiger partial charge < -0.3 is 14.5 Å². The third-order valence-electron chi connectivity index (χ3n) is 5.20. The predicted molar refractivity (Wildman–Crippen MR) is 100 cm³/mol. The van der Waals surface area contributed by atoms with Gasteiger partial charge in [-0.15, -0.1) is 0 Å². The summed E-state index contributed by atoms with van der Waals surface area (Å²) in [6.07, 6.45) is 12.9. The highest BCUT2D eigenvalue weighted by Crippen LogP contribution is 2.31. The van der Waals surface area contributed by atoms with Crippen LogP contribution in [-0.2, 0) is 11.2 Å². The van der Waals surface area contributed by atoms with E-state index in [-0.39, 0.29) is 5.82 Å². The van der Waals surface area contributed by atoms with E-state index in [2.05, 4.69) is 21.4 Å². The number of allylic oxidation sites excluding steroid dienone is 1. The third-order valence-corrected chi connectivity index (χ3v) is 5.20. The van der Waals surface area contributed by atoms with Gasteiger partial charge in [0.25, 0.3) is 0 Å². The fourth-order valence-electron chi connectivity index (χ4n) is 3.80. The van der Waals surface area contributed by atoms with E-state index >= 15 is 0 Å². The number of hydrogen-bond acceptors (Lipinski definition) is 5. The van der Waals surface area contributed by atoms with Gasteiger partial charge >= 0.3 is 0 Å². The van der Waals surface area contributed by atoms with E-state index in [0.29, 0.717) is 17.6 Å². The molecule has 0 radical (unpaired) electrons. The molecule has 6 nitrogen and oxygen atoms in total. The van der Waals surface area contributed by atoms with Gasteiger partial charge in [-0.05, 0) is 37.3 Å². The molecule has 27 heavy (non-hydrogen) atoms. The second kappa shape index (κ2) is 6.74. The number of pyridine rings is 1. The quantitative estimate of drug-likeness (QED) is 0.772. The Morgan fingerprint density at radius 1 is 1.22 bits per heavy atom. The fourth-order valence-corrected chi connectivity index (χ4v) is 3.80. The molecule has 0 saturated carbocycles. The Kier molecular flexibility index (Phi) is 4.09. The van der Waals surface area contributed by atoms with E-state index in [9.17, 15) is 4.39 Å². The lowest BCUT2D eigenvalue weighted by Gasteiger charge is -2.24. The molecule has 1 aliphatic heterocycles. The van der Waals surface area contributed by atoms with Gasteiger partial charge in [0.1, 0.15) is 0 Å². The van der Waals surface area contributed by atoms with Crippen LogP contribution in [0.1, 0.15) is 36.1 Å². The first kappa shape index (κ1) is 16.4. The lowest BCUT2D eigenvalue weighted by molar-refractivity contribution is 0.0903. The Morgan fingerprint density at radius 3 is 3.00 bits per heavy atom. The van der Waals surface area contributed by atoms with Gasteiger partial charge in [0, 0.05) is 55.2 Å². The number of rotatable bonds is 3. The number of anilines is 1. The minimum atomic E-state index is -0.329. The van der Waals surface area contributed by atoms with Crippen LogP contribution in [0.3, 0.4) is 0 Å². The van der Waals surface area contributed by atoms with E-state index in [1.54, 1.807) is 16.8 Å². The van der Waals surface area contributed by atoms with E-state index < -0.39 is 0 Å². The molecular weight excluding hydrogens is 345 g/mol. The zero-order valence-corrected chi connectivity index (χ0v) is 14.9. The Morgan fingerprint density at radius 2 is 2.11 bits per heavy atom. The summed E-state index contributed by atoms with van der Waals surface area (Å²) in [4.78, 5) is 13.3. The first-order valence-corrected chi connectivity index (χ1v) is 9.31. The van der Waals surface area contributed by atoms with Crippen molar-refractivity contribution in [2.45, 2.75) is 31.7 Å². The molecule has 3 aromatic rings. The maximum absolute atomic E-state index is 14.4. The molecule has 3 aromatic heterocycles. The normalized spacial score (nSPS) is 17.6. The van der Waals surface area contributed by atoms with Crippen molar-refractivity contribution in [3.63, 3.8) is 0 Å². The summed E-state index contributed by atoms with van der Waals surface area (Å²) in [5.74, 6) is 0.336. The maximum Gasteiger partial charge on any atom is 0.223 e. The summed E-state index contributed by atoms with van der Waals surface area (Å²) in [6, 6.07) is 1.89. The molecule has 0 unspecified atom stereocenters. The predicted octanol–water partition coefficient (Wildman–Crippen LogP) is 3.23. The van der Waals surface area contributed by atoms with Crippen LogP contribution in [0.5, 0.6) is 0 Å². The molecule has 0 amide bonds. The lowest BCUT2D eigenvalue weighted by Crippen LogP contribution is -2.29. The van der Waals surface area contributed by atoms with Gasteiger partial charge in [0.05, 0.1) is 5.69 Å². The summed E-state index contributed by atoms with van der Waals surface area (Å²) in [5.41, 5.74) is 4.10. The molecule has 0 aromatic carbocycles. The van der Waals surface area contributed by atoms with E-state index in [0.717, 1.165) is 61.3 Å². The van der Waals surface area contributed by atoms with Crippen LogP contribution in [-0.4, -0.2) is 38.6 Å². The zero-order chi connectivity index (χ0) is 18.2. The highest BCUT2D eigenvalue weighted by Gasteiger charge is 2.20. The molecule has 0 bridgehead atoms. The number of aromatic nitrogens is 4. The molecular formula is C20H20FN5O. The number of nitrogens with one attached hydrogen (secondary N) is 1. The van der Waals surface area contributed by atoms with Crippen LogP contribution < -0.4 is 5.32 Å². The van der Waals surface area contributed by atoms with Crippen molar-refractivity contribution in [2.24, 2.45) is 0 Å². The summed E-state index contributed by atoms with van der Waals surface area (Å²) in [6.45, 7) is 1.55. The van der Waals surface area contributed by atoms with E-state index in [1.165, 1.54) is 6.07 Å². The number of nitrogens with zero attached hydrogens (tertiary/aromatic N) is 4. The van der Waals surface area contributed by atoms with Crippen LogP contribution in [0.15, 0.2) is 36.9 Å². The van der Waals surface area contributed by atoms with Gasteiger partial charge in [-0.25, -0.2) is 19.3 Å². The maximum atomic E-state index is 14.4. The summed E-state index contributed by atoms with van der Waals surface area (Å²) in [7, 11) is 0. The Bertz CT molecular complexity index is 1020. The number of ether oxygens (including phenoxy) is 1. The van der Waals surface area contributed by atoms with Gasteiger partial charge in [0.2, 0.25) is 5.95 Å². The first-order valence-electron chi connectivity index (χ1n) is 9.31. The summed E-state index contributed by atoms with van der Waals surface area (Å²) >= 11 is 0. The first-order chi connectivity index (χ1) is 13.3. The molecule has 7 heteroatoms. The number of imidazole rings is 1. The Hall–Kier alpha value is -2.80. The average molecular weight is 365 g/mol. The van der Waals surface area contributed by atoms with Crippen molar-refractivity contribution >= 4 is 17.2 Å².